The number of hydrogen-bond donors (Lipinski definition) is 2. The SMILES string of the molecule is CC(=O)c1cccc(NC(=S)Nc2nn(Cc3ccc(Cl)c(Cl)c3)cc2Cl)c1. The van der Waals surface area contributed by atoms with Crippen LogP contribution in [0.3, 0.4) is 0 Å². The van der Waals surface area contributed by atoms with Crippen LogP contribution in [0.1, 0.15) is 22.8 Å². The van der Waals surface area contributed by atoms with Gasteiger partial charge in [0.1, 0.15) is 5.02 Å². The summed E-state index contributed by atoms with van der Waals surface area (Å²) in [5.41, 5.74) is 2.22. The minimum atomic E-state index is -0.0217. The van der Waals surface area contributed by atoms with E-state index in [-0.39, 0.29) is 5.78 Å². The molecule has 0 saturated heterocycles. The average molecular weight is 454 g/mol. The van der Waals surface area contributed by atoms with E-state index in [1.54, 1.807) is 41.2 Å². The number of anilines is 2. The second-order valence-electron chi connectivity index (χ2n) is 5.99. The van der Waals surface area contributed by atoms with Gasteiger partial charge in [-0.15, -0.1) is 0 Å². The van der Waals surface area contributed by atoms with Gasteiger partial charge in [0.05, 0.1) is 16.6 Å². The fourth-order valence-electron chi connectivity index (χ4n) is 2.47. The lowest BCUT2D eigenvalue weighted by molar-refractivity contribution is 0.101. The second kappa shape index (κ2) is 8.92. The molecule has 2 N–H and O–H groups in total. The molecule has 9 heteroatoms. The number of carbonyl (C=O) groups excluding carboxylic acids is 1. The summed E-state index contributed by atoms with van der Waals surface area (Å²) >= 11 is 23.6. The zero-order chi connectivity index (χ0) is 20.3. The summed E-state index contributed by atoms with van der Waals surface area (Å²) in [6.07, 6.45) is 1.69. The Balaban J connectivity index is 1.67. The lowest BCUT2D eigenvalue weighted by Gasteiger charge is -2.10. The van der Waals surface area contributed by atoms with Gasteiger partial charge in [0.25, 0.3) is 0 Å². The first-order valence-corrected chi connectivity index (χ1v) is 9.72. The maximum absolute atomic E-state index is 11.5. The maximum Gasteiger partial charge on any atom is 0.176 e. The van der Waals surface area contributed by atoms with Gasteiger partial charge in [-0.25, -0.2) is 0 Å². The molecule has 0 saturated carbocycles. The Morgan fingerprint density at radius 1 is 1.07 bits per heavy atom. The Bertz CT molecular complexity index is 1050. The van der Waals surface area contributed by atoms with E-state index in [1.165, 1.54) is 6.92 Å². The highest BCUT2D eigenvalue weighted by Gasteiger charge is 2.10. The Kier molecular flexibility index (Phi) is 6.57. The van der Waals surface area contributed by atoms with E-state index < -0.39 is 0 Å². The number of hydrogen-bond acceptors (Lipinski definition) is 3. The number of aromatic nitrogens is 2. The van der Waals surface area contributed by atoms with Gasteiger partial charge in [-0.05, 0) is 49.0 Å². The van der Waals surface area contributed by atoms with Crippen molar-refractivity contribution in [1.29, 1.82) is 0 Å². The summed E-state index contributed by atoms with van der Waals surface area (Å²) in [4.78, 5) is 11.5. The van der Waals surface area contributed by atoms with Crippen LogP contribution < -0.4 is 10.6 Å². The Hall–Kier alpha value is -2.12. The summed E-state index contributed by atoms with van der Waals surface area (Å²) in [7, 11) is 0. The quantitative estimate of drug-likeness (QED) is 0.372. The van der Waals surface area contributed by atoms with E-state index >= 15 is 0 Å². The first-order valence-electron chi connectivity index (χ1n) is 8.17. The molecule has 0 unspecified atom stereocenters. The number of nitrogens with one attached hydrogen (secondary N) is 2. The summed E-state index contributed by atoms with van der Waals surface area (Å²) < 4.78 is 1.67. The molecule has 0 fully saturated rings. The van der Waals surface area contributed by atoms with Crippen molar-refractivity contribution >= 4 is 69.4 Å². The Labute approximate surface area is 182 Å². The van der Waals surface area contributed by atoms with Gasteiger partial charge in [-0.1, -0.05) is 53.0 Å². The van der Waals surface area contributed by atoms with Crippen molar-refractivity contribution in [3.8, 4) is 0 Å². The zero-order valence-corrected chi connectivity index (χ0v) is 17.8. The fourth-order valence-corrected chi connectivity index (χ4v) is 3.21. The van der Waals surface area contributed by atoms with Crippen molar-refractivity contribution in [1.82, 2.24) is 9.78 Å². The molecule has 0 aliphatic rings. The van der Waals surface area contributed by atoms with E-state index in [0.29, 0.717) is 43.8 Å². The second-order valence-corrected chi connectivity index (χ2v) is 7.62. The van der Waals surface area contributed by atoms with Gasteiger partial charge in [0.2, 0.25) is 0 Å². The van der Waals surface area contributed by atoms with Crippen LogP contribution in [0.4, 0.5) is 11.5 Å². The molecule has 0 amide bonds. The Morgan fingerprint density at radius 3 is 2.57 bits per heavy atom. The van der Waals surface area contributed by atoms with Gasteiger partial charge in [0.15, 0.2) is 16.7 Å². The first kappa shape index (κ1) is 20.6. The van der Waals surface area contributed by atoms with Crippen LogP contribution in [-0.2, 0) is 6.54 Å². The molecule has 3 rings (SSSR count). The number of ketones is 1. The van der Waals surface area contributed by atoms with Crippen LogP contribution in [0.5, 0.6) is 0 Å². The van der Waals surface area contributed by atoms with E-state index in [9.17, 15) is 4.79 Å². The third-order valence-corrected chi connectivity index (χ3v) is 5.02. The first-order chi connectivity index (χ1) is 13.3. The molecule has 5 nitrogen and oxygen atoms in total. The number of rotatable bonds is 5. The molecule has 0 atom stereocenters. The van der Waals surface area contributed by atoms with Crippen LogP contribution in [0.15, 0.2) is 48.7 Å². The van der Waals surface area contributed by atoms with Crippen LogP contribution in [0.25, 0.3) is 0 Å². The summed E-state index contributed by atoms with van der Waals surface area (Å²) in [6, 6.07) is 12.4. The maximum atomic E-state index is 11.5. The molecule has 2 aromatic carbocycles. The lowest BCUT2D eigenvalue weighted by atomic mass is 10.1. The largest absolute Gasteiger partial charge is 0.332 e. The number of nitrogens with zero attached hydrogens (tertiary/aromatic N) is 2. The van der Waals surface area contributed by atoms with E-state index in [0.717, 1.165) is 5.56 Å². The van der Waals surface area contributed by atoms with Crippen molar-refractivity contribution in [2.24, 2.45) is 0 Å². The zero-order valence-electron chi connectivity index (χ0n) is 14.7. The van der Waals surface area contributed by atoms with Crippen LogP contribution >= 0.6 is 47.0 Å². The lowest BCUT2D eigenvalue weighted by Crippen LogP contribution is -2.20. The normalized spacial score (nSPS) is 10.6. The molecular weight excluding hydrogens is 439 g/mol. The predicted molar refractivity (Wildman–Crippen MR) is 119 cm³/mol. The highest BCUT2D eigenvalue weighted by atomic mass is 35.5. The van der Waals surface area contributed by atoms with Gasteiger partial charge in [-0.3, -0.25) is 9.48 Å². The number of carbonyl (C=O) groups is 1. The van der Waals surface area contributed by atoms with Gasteiger partial charge in [-0.2, -0.15) is 5.10 Å². The van der Waals surface area contributed by atoms with E-state index in [2.05, 4.69) is 15.7 Å². The van der Waals surface area contributed by atoms with Crippen molar-refractivity contribution in [2.75, 3.05) is 10.6 Å². The molecule has 144 valence electrons. The van der Waals surface area contributed by atoms with Crippen LogP contribution in [0, 0.1) is 0 Å². The third-order valence-electron chi connectivity index (χ3n) is 3.80. The number of Topliss-reactive ketones (excluding diaryl/α,β-unsaturated/α-hetero) is 1. The molecule has 0 spiro atoms. The standard InChI is InChI=1S/C19H15Cl3N4OS/c1-11(27)13-3-2-4-14(8-13)23-19(28)24-18-17(22)10-26(25-18)9-12-5-6-15(20)16(21)7-12/h2-8,10H,9H2,1H3,(H2,23,24,25,28). The monoisotopic (exact) mass is 452 g/mol. The van der Waals surface area contributed by atoms with Crippen molar-refractivity contribution in [3.05, 3.63) is 74.9 Å². The minimum Gasteiger partial charge on any atom is -0.332 e. The summed E-state index contributed by atoms with van der Waals surface area (Å²) in [6.45, 7) is 1.98. The number of halogens is 3. The van der Waals surface area contributed by atoms with Crippen molar-refractivity contribution < 1.29 is 4.79 Å². The summed E-state index contributed by atoms with van der Waals surface area (Å²) in [5, 5.41) is 12.1. The smallest absolute Gasteiger partial charge is 0.176 e. The highest BCUT2D eigenvalue weighted by Crippen LogP contribution is 2.24. The molecule has 0 radical (unpaired) electrons. The molecule has 3 aromatic rings. The predicted octanol–water partition coefficient (Wildman–Crippen LogP) is 5.90. The fraction of sp³-hybridized carbons (Fsp3) is 0.105. The molecule has 0 aliphatic carbocycles. The van der Waals surface area contributed by atoms with Crippen molar-refractivity contribution in [3.63, 3.8) is 0 Å². The van der Waals surface area contributed by atoms with Crippen molar-refractivity contribution in [2.45, 2.75) is 13.5 Å². The van der Waals surface area contributed by atoms with Crippen LogP contribution in [0.2, 0.25) is 15.1 Å². The molecule has 28 heavy (non-hydrogen) atoms. The van der Waals surface area contributed by atoms with Gasteiger partial charge >= 0.3 is 0 Å². The molecule has 1 heterocycles. The van der Waals surface area contributed by atoms with Crippen LogP contribution in [-0.4, -0.2) is 20.7 Å². The van der Waals surface area contributed by atoms with E-state index in [4.69, 9.17) is 47.0 Å². The summed E-state index contributed by atoms with van der Waals surface area (Å²) in [5.74, 6) is 0.397. The molecular formula is C19H15Cl3N4OS. The third kappa shape index (κ3) is 5.23. The molecule has 0 aliphatic heterocycles. The minimum absolute atomic E-state index is 0.0217. The van der Waals surface area contributed by atoms with Gasteiger partial charge < -0.3 is 10.6 Å². The average Bonchev–Trinajstić information content (AvgIpc) is 2.97. The topological polar surface area (TPSA) is 59.0 Å². The molecule has 0 bridgehead atoms. The van der Waals surface area contributed by atoms with E-state index in [1.807, 2.05) is 12.1 Å². The highest BCUT2D eigenvalue weighted by molar-refractivity contribution is 7.80. The number of thiocarbonyl (C=S) groups is 1. The number of benzene rings is 2. The molecule has 1 aromatic heterocycles. The van der Waals surface area contributed by atoms with Gasteiger partial charge in [0, 0.05) is 17.4 Å². The Morgan fingerprint density at radius 2 is 1.86 bits per heavy atom.